The van der Waals surface area contributed by atoms with Gasteiger partial charge in [-0.05, 0) is 60.9 Å². The zero-order chi connectivity index (χ0) is 25.4. The molecule has 2 saturated heterocycles. The topological polar surface area (TPSA) is 71.5 Å². The molecule has 5 rings (SSSR count). The highest BCUT2D eigenvalue weighted by Crippen LogP contribution is 2.57. The van der Waals surface area contributed by atoms with Gasteiger partial charge >= 0.3 is 5.97 Å². The van der Waals surface area contributed by atoms with Gasteiger partial charge in [0, 0.05) is 43.9 Å². The fourth-order valence-electron chi connectivity index (χ4n) is 6.46. The highest BCUT2D eigenvalue weighted by atomic mass is 19.1. The third kappa shape index (κ3) is 4.23. The molecule has 6 atom stereocenters. The Morgan fingerprint density at radius 3 is 2.64 bits per heavy atom. The predicted molar refractivity (Wildman–Crippen MR) is 136 cm³/mol. The smallest absolute Gasteiger partial charge is 0.322 e. The number of nitrogens with zero attached hydrogens (tertiary/aromatic N) is 2. The first kappa shape index (κ1) is 24.6. The lowest BCUT2D eigenvalue weighted by molar-refractivity contribution is -0.163. The molecule has 7 heteroatoms. The number of rotatable bonds is 4. The third-order valence-corrected chi connectivity index (χ3v) is 8.51. The summed E-state index contributed by atoms with van der Waals surface area (Å²) in [6.07, 6.45) is 6.02. The number of halogens is 1. The summed E-state index contributed by atoms with van der Waals surface area (Å²) in [5, 5.41) is 3.28. The van der Waals surface area contributed by atoms with Crippen LogP contribution in [0.3, 0.4) is 0 Å². The molecule has 6 nitrogen and oxygen atoms in total. The summed E-state index contributed by atoms with van der Waals surface area (Å²) in [6.45, 7) is 8.96. The molecular formula is C29H34FN3O3. The number of aromatic nitrogens is 1. The molecule has 4 unspecified atom stereocenters. The highest BCUT2D eigenvalue weighted by Gasteiger charge is 2.67. The minimum absolute atomic E-state index is 0.00763. The van der Waals surface area contributed by atoms with Gasteiger partial charge in [0.1, 0.15) is 11.9 Å². The molecule has 1 aromatic carbocycles. The monoisotopic (exact) mass is 491 g/mol. The Kier molecular flexibility index (Phi) is 6.68. The van der Waals surface area contributed by atoms with E-state index in [9.17, 15) is 14.0 Å². The summed E-state index contributed by atoms with van der Waals surface area (Å²) in [5.41, 5.74) is 1.26. The number of carbonyl (C=O) groups is 2. The van der Waals surface area contributed by atoms with Crippen LogP contribution in [0.25, 0.3) is 17.2 Å². The number of benzene rings is 1. The maximum Gasteiger partial charge on any atom is 0.322 e. The van der Waals surface area contributed by atoms with Crippen LogP contribution in [-0.2, 0) is 14.3 Å². The SMILES string of the molecule is CC1C[C@@]2(C(=O)N3CCNCC3)C(=O)O[C@H](C)C2C(/C=C/c2ccc(-c3cccc(F)c3)cn2)C1C. The van der Waals surface area contributed by atoms with Gasteiger partial charge in [-0.15, -0.1) is 0 Å². The summed E-state index contributed by atoms with van der Waals surface area (Å²) in [6, 6.07) is 10.3. The molecule has 2 aromatic rings. The van der Waals surface area contributed by atoms with E-state index in [2.05, 4.69) is 30.2 Å². The van der Waals surface area contributed by atoms with E-state index in [0.29, 0.717) is 19.5 Å². The molecular weight excluding hydrogens is 457 g/mol. The van der Waals surface area contributed by atoms with Gasteiger partial charge in [-0.25, -0.2) is 4.39 Å². The van der Waals surface area contributed by atoms with Crippen molar-refractivity contribution in [1.82, 2.24) is 15.2 Å². The van der Waals surface area contributed by atoms with E-state index < -0.39 is 5.41 Å². The number of amides is 1. The molecule has 1 N–H and O–H groups in total. The van der Waals surface area contributed by atoms with E-state index in [-0.39, 0.29) is 47.5 Å². The van der Waals surface area contributed by atoms with Crippen molar-refractivity contribution in [3.05, 3.63) is 60.2 Å². The standard InChI is InChI=1S/C29H34FN3O3/c1-18-16-29(27(34)33-13-11-31-12-14-33)26(20(3)36-28(29)35)25(19(18)2)10-9-24-8-7-22(17-32-24)21-5-4-6-23(30)15-21/h4-10,15,17-20,25-26,31H,11-14,16H2,1-3H3/b10-9+/t18?,19?,20-,25?,26?,29-/m1/s1. The van der Waals surface area contributed by atoms with Crippen LogP contribution in [-0.4, -0.2) is 54.0 Å². The van der Waals surface area contributed by atoms with Gasteiger partial charge < -0.3 is 15.0 Å². The number of piperazine rings is 1. The molecule has 1 aromatic heterocycles. The zero-order valence-corrected chi connectivity index (χ0v) is 21.1. The fourth-order valence-corrected chi connectivity index (χ4v) is 6.46. The molecule has 2 aliphatic heterocycles. The van der Waals surface area contributed by atoms with E-state index in [1.54, 1.807) is 12.3 Å². The normalized spacial score (nSPS) is 32.4. The van der Waals surface area contributed by atoms with Crippen LogP contribution in [0.1, 0.15) is 32.9 Å². The van der Waals surface area contributed by atoms with E-state index >= 15 is 0 Å². The summed E-state index contributed by atoms with van der Waals surface area (Å²) in [4.78, 5) is 33.7. The number of pyridine rings is 1. The molecule has 1 amide bonds. The van der Waals surface area contributed by atoms with E-state index in [0.717, 1.165) is 29.9 Å². The van der Waals surface area contributed by atoms with E-state index in [1.165, 1.54) is 12.1 Å². The van der Waals surface area contributed by atoms with Crippen LogP contribution >= 0.6 is 0 Å². The second-order valence-corrected chi connectivity index (χ2v) is 10.6. The number of carbonyl (C=O) groups excluding carboxylic acids is 2. The number of hydrogen-bond donors (Lipinski definition) is 1. The summed E-state index contributed by atoms with van der Waals surface area (Å²) < 4.78 is 19.4. The maximum atomic E-state index is 13.9. The van der Waals surface area contributed by atoms with E-state index in [1.807, 2.05) is 36.1 Å². The van der Waals surface area contributed by atoms with Crippen molar-refractivity contribution in [3.63, 3.8) is 0 Å². The molecule has 3 fully saturated rings. The van der Waals surface area contributed by atoms with Crippen LogP contribution in [0.5, 0.6) is 0 Å². The zero-order valence-electron chi connectivity index (χ0n) is 21.1. The average Bonchev–Trinajstić information content (AvgIpc) is 3.14. The molecule has 36 heavy (non-hydrogen) atoms. The van der Waals surface area contributed by atoms with Gasteiger partial charge in [-0.3, -0.25) is 14.6 Å². The first-order chi connectivity index (χ1) is 17.3. The van der Waals surface area contributed by atoms with Crippen molar-refractivity contribution < 1.29 is 18.7 Å². The van der Waals surface area contributed by atoms with Crippen molar-refractivity contribution in [2.75, 3.05) is 26.2 Å². The second-order valence-electron chi connectivity index (χ2n) is 10.6. The summed E-state index contributed by atoms with van der Waals surface area (Å²) in [7, 11) is 0. The van der Waals surface area contributed by atoms with Gasteiger partial charge in [0.05, 0.1) is 5.69 Å². The quantitative estimate of drug-likeness (QED) is 0.513. The Hall–Kier alpha value is -3.06. The van der Waals surface area contributed by atoms with E-state index in [4.69, 9.17) is 4.74 Å². The van der Waals surface area contributed by atoms with Crippen LogP contribution in [0.4, 0.5) is 4.39 Å². The van der Waals surface area contributed by atoms with Crippen molar-refractivity contribution >= 4 is 18.0 Å². The van der Waals surface area contributed by atoms with Crippen LogP contribution < -0.4 is 5.32 Å². The molecule has 0 bridgehead atoms. The highest BCUT2D eigenvalue weighted by molar-refractivity contribution is 6.04. The van der Waals surface area contributed by atoms with Gasteiger partial charge in [0.15, 0.2) is 5.41 Å². The first-order valence-electron chi connectivity index (χ1n) is 12.9. The van der Waals surface area contributed by atoms with Crippen LogP contribution in [0, 0.1) is 34.9 Å². The molecule has 3 heterocycles. The number of fused-ring (bicyclic) bond motifs is 1. The van der Waals surface area contributed by atoms with Crippen molar-refractivity contribution in [1.29, 1.82) is 0 Å². The number of nitrogens with one attached hydrogen (secondary N) is 1. The fraction of sp³-hybridized carbons (Fsp3) is 0.483. The van der Waals surface area contributed by atoms with Crippen molar-refractivity contribution in [2.24, 2.45) is 29.1 Å². The molecule has 0 radical (unpaired) electrons. The van der Waals surface area contributed by atoms with Crippen LogP contribution in [0.15, 0.2) is 48.7 Å². The number of esters is 1. The average molecular weight is 492 g/mol. The number of cyclic esters (lactones) is 1. The molecule has 0 spiro atoms. The number of allylic oxidation sites excluding steroid dienone is 1. The molecule has 190 valence electrons. The Morgan fingerprint density at radius 2 is 1.94 bits per heavy atom. The van der Waals surface area contributed by atoms with Gasteiger partial charge in [-0.1, -0.05) is 38.1 Å². The minimum atomic E-state index is -1.13. The van der Waals surface area contributed by atoms with Gasteiger partial charge in [0.25, 0.3) is 0 Å². The van der Waals surface area contributed by atoms with Crippen LogP contribution in [0.2, 0.25) is 0 Å². The molecule has 1 aliphatic carbocycles. The Bertz CT molecular complexity index is 1160. The lowest BCUT2D eigenvalue weighted by Crippen LogP contribution is -2.59. The number of hydrogen-bond acceptors (Lipinski definition) is 5. The van der Waals surface area contributed by atoms with Gasteiger partial charge in [0.2, 0.25) is 5.91 Å². The molecule has 1 saturated carbocycles. The Labute approximate surface area is 211 Å². The van der Waals surface area contributed by atoms with Crippen molar-refractivity contribution in [2.45, 2.75) is 33.3 Å². The molecule has 3 aliphatic rings. The lowest BCUT2D eigenvalue weighted by Gasteiger charge is -2.48. The second kappa shape index (κ2) is 9.77. The minimum Gasteiger partial charge on any atom is -0.461 e. The lowest BCUT2D eigenvalue weighted by atomic mass is 9.54. The Balaban J connectivity index is 1.44. The predicted octanol–water partition coefficient (Wildman–Crippen LogP) is 4.17. The van der Waals surface area contributed by atoms with Crippen molar-refractivity contribution in [3.8, 4) is 11.1 Å². The van der Waals surface area contributed by atoms with Gasteiger partial charge in [-0.2, -0.15) is 0 Å². The Morgan fingerprint density at radius 1 is 1.17 bits per heavy atom. The number of ether oxygens (including phenoxy) is 1. The maximum absolute atomic E-state index is 13.9. The largest absolute Gasteiger partial charge is 0.461 e. The summed E-state index contributed by atoms with van der Waals surface area (Å²) in [5.74, 6) is -0.481. The first-order valence-corrected chi connectivity index (χ1v) is 12.9. The summed E-state index contributed by atoms with van der Waals surface area (Å²) >= 11 is 0. The third-order valence-electron chi connectivity index (χ3n) is 8.51.